The number of rotatable bonds is 66. The fourth-order valence-corrected chi connectivity index (χ4v) is 10.7. The molecule has 0 saturated heterocycles. The predicted octanol–water partition coefficient (Wildman–Crippen LogP) is 24.7. The standard InChI is InChI=1S/C75H136O6/c1-4-7-10-13-16-19-21-23-25-27-29-31-33-35-36-37-38-40-41-43-45-47-49-51-53-56-59-62-65-68-74(77)80-71-72(70-79-73(76)67-64-61-58-55-18-15-12-9-6-3)81-75(78)69-66-63-60-57-54-52-50-48-46-44-42-39-34-32-30-28-26-24-22-20-17-14-11-8-5-2/h7,10,16,19,23,25,28-31,72H,4-6,8-9,11-15,17-18,20-22,24,26-27,32-71H2,1-3H3/b10-7-,19-16-,25-23-,30-28-,31-29-. The van der Waals surface area contributed by atoms with Crippen LogP contribution in [0, 0.1) is 0 Å². The molecule has 0 radical (unpaired) electrons. The lowest BCUT2D eigenvalue weighted by Gasteiger charge is -2.18. The van der Waals surface area contributed by atoms with Crippen molar-refractivity contribution < 1.29 is 28.6 Å². The maximum absolute atomic E-state index is 12.9. The number of unbranched alkanes of at least 4 members (excludes halogenated alkanes) is 45. The molecule has 0 aliphatic heterocycles. The van der Waals surface area contributed by atoms with Gasteiger partial charge in [0.2, 0.25) is 0 Å². The van der Waals surface area contributed by atoms with Crippen molar-refractivity contribution in [3.05, 3.63) is 60.8 Å². The van der Waals surface area contributed by atoms with E-state index >= 15 is 0 Å². The molecular weight excluding hydrogens is 997 g/mol. The van der Waals surface area contributed by atoms with Gasteiger partial charge in [-0.25, -0.2) is 0 Å². The summed E-state index contributed by atoms with van der Waals surface area (Å²) in [4.78, 5) is 38.3. The van der Waals surface area contributed by atoms with Crippen LogP contribution in [0.2, 0.25) is 0 Å². The SMILES string of the molecule is CC/C=C\C/C=C\C/C=C\C/C=C\CCCCCCCCCCCCCCCCCCC(=O)OCC(COC(=O)CCCCCCCCCCC)OC(=O)CCCCCCCCCCCCCCC/C=C\CCCCCCCCCC. The summed E-state index contributed by atoms with van der Waals surface area (Å²) in [7, 11) is 0. The minimum absolute atomic E-state index is 0.0685. The lowest BCUT2D eigenvalue weighted by Crippen LogP contribution is -2.30. The van der Waals surface area contributed by atoms with E-state index in [0.717, 1.165) is 83.5 Å². The summed E-state index contributed by atoms with van der Waals surface area (Å²) in [5.74, 6) is -0.847. The van der Waals surface area contributed by atoms with Gasteiger partial charge in [-0.1, -0.05) is 338 Å². The fourth-order valence-electron chi connectivity index (χ4n) is 10.7. The molecule has 0 amide bonds. The van der Waals surface area contributed by atoms with Crippen LogP contribution < -0.4 is 0 Å². The van der Waals surface area contributed by atoms with Gasteiger partial charge in [0.1, 0.15) is 13.2 Å². The zero-order valence-corrected chi connectivity index (χ0v) is 54.3. The number of esters is 3. The first-order chi connectivity index (χ1) is 40.0. The Morgan fingerprint density at radius 2 is 0.481 bits per heavy atom. The number of allylic oxidation sites excluding steroid dienone is 10. The highest BCUT2D eigenvalue weighted by Crippen LogP contribution is 2.18. The third kappa shape index (κ3) is 67.8. The van der Waals surface area contributed by atoms with E-state index in [4.69, 9.17) is 14.2 Å². The van der Waals surface area contributed by atoms with Crippen LogP contribution in [0.3, 0.4) is 0 Å². The van der Waals surface area contributed by atoms with Crippen LogP contribution in [0.4, 0.5) is 0 Å². The van der Waals surface area contributed by atoms with Crippen LogP contribution in [-0.4, -0.2) is 37.2 Å². The average molecular weight is 1130 g/mol. The molecule has 0 spiro atoms. The lowest BCUT2D eigenvalue weighted by atomic mass is 10.0. The molecule has 0 N–H and O–H groups in total. The predicted molar refractivity (Wildman–Crippen MR) is 353 cm³/mol. The van der Waals surface area contributed by atoms with Crippen molar-refractivity contribution in [2.75, 3.05) is 13.2 Å². The average Bonchev–Trinajstić information content (AvgIpc) is 3.47. The number of ether oxygens (including phenoxy) is 3. The summed E-state index contributed by atoms with van der Waals surface area (Å²) in [5, 5.41) is 0. The molecular formula is C75H136O6. The number of carbonyl (C=O) groups excluding carboxylic acids is 3. The van der Waals surface area contributed by atoms with E-state index in [1.54, 1.807) is 0 Å². The van der Waals surface area contributed by atoms with E-state index in [-0.39, 0.29) is 31.1 Å². The molecule has 0 aliphatic rings. The van der Waals surface area contributed by atoms with Crippen LogP contribution in [-0.2, 0) is 28.6 Å². The Kier molecular flexibility index (Phi) is 67.1. The Hall–Kier alpha value is -2.89. The molecule has 0 fully saturated rings. The minimum Gasteiger partial charge on any atom is -0.462 e. The van der Waals surface area contributed by atoms with Crippen molar-refractivity contribution in [2.24, 2.45) is 0 Å². The van der Waals surface area contributed by atoms with Crippen LogP contribution in [0.1, 0.15) is 380 Å². The topological polar surface area (TPSA) is 78.9 Å². The van der Waals surface area contributed by atoms with E-state index in [2.05, 4.69) is 81.5 Å². The monoisotopic (exact) mass is 1130 g/mol. The second-order valence-corrected chi connectivity index (χ2v) is 24.1. The molecule has 6 heteroatoms. The number of hydrogen-bond acceptors (Lipinski definition) is 6. The highest BCUT2D eigenvalue weighted by Gasteiger charge is 2.19. The fraction of sp³-hybridized carbons (Fsp3) is 0.827. The van der Waals surface area contributed by atoms with Gasteiger partial charge in [-0.05, 0) is 83.5 Å². The smallest absolute Gasteiger partial charge is 0.306 e. The largest absolute Gasteiger partial charge is 0.462 e. The Bertz CT molecular complexity index is 1440. The molecule has 1 atom stereocenters. The highest BCUT2D eigenvalue weighted by molar-refractivity contribution is 5.71. The highest BCUT2D eigenvalue weighted by atomic mass is 16.6. The quantitative estimate of drug-likeness (QED) is 0.0261. The van der Waals surface area contributed by atoms with Gasteiger partial charge in [-0.2, -0.15) is 0 Å². The molecule has 0 aromatic carbocycles. The van der Waals surface area contributed by atoms with Gasteiger partial charge in [0.05, 0.1) is 0 Å². The van der Waals surface area contributed by atoms with Gasteiger partial charge in [0.25, 0.3) is 0 Å². The molecule has 0 saturated carbocycles. The second kappa shape index (κ2) is 69.6. The Balaban J connectivity index is 4.10. The van der Waals surface area contributed by atoms with Crippen LogP contribution in [0.25, 0.3) is 0 Å². The Morgan fingerprint density at radius 1 is 0.259 bits per heavy atom. The van der Waals surface area contributed by atoms with Gasteiger partial charge < -0.3 is 14.2 Å². The first-order valence-electron chi connectivity index (χ1n) is 35.8. The maximum atomic E-state index is 12.9. The normalized spacial score (nSPS) is 12.4. The Labute approximate surface area is 504 Å². The van der Waals surface area contributed by atoms with E-state index in [9.17, 15) is 14.4 Å². The van der Waals surface area contributed by atoms with E-state index in [1.807, 2.05) is 0 Å². The third-order valence-corrected chi connectivity index (χ3v) is 16.0. The molecule has 0 aromatic rings. The lowest BCUT2D eigenvalue weighted by molar-refractivity contribution is -0.167. The van der Waals surface area contributed by atoms with Crippen LogP contribution >= 0.6 is 0 Å². The van der Waals surface area contributed by atoms with Gasteiger partial charge in [0.15, 0.2) is 6.10 Å². The van der Waals surface area contributed by atoms with Gasteiger partial charge in [-0.15, -0.1) is 0 Å². The van der Waals surface area contributed by atoms with Gasteiger partial charge >= 0.3 is 17.9 Å². The van der Waals surface area contributed by atoms with E-state index in [0.29, 0.717) is 19.3 Å². The molecule has 472 valence electrons. The van der Waals surface area contributed by atoms with Crippen molar-refractivity contribution in [1.82, 2.24) is 0 Å². The molecule has 0 bridgehead atoms. The van der Waals surface area contributed by atoms with Crippen molar-refractivity contribution in [2.45, 2.75) is 386 Å². The van der Waals surface area contributed by atoms with E-state index < -0.39 is 6.10 Å². The Morgan fingerprint density at radius 3 is 0.765 bits per heavy atom. The maximum Gasteiger partial charge on any atom is 0.306 e. The number of carbonyl (C=O) groups is 3. The first-order valence-corrected chi connectivity index (χ1v) is 35.8. The molecule has 0 rings (SSSR count). The summed E-state index contributed by atoms with van der Waals surface area (Å²) in [6, 6.07) is 0. The van der Waals surface area contributed by atoms with Crippen molar-refractivity contribution in [3.63, 3.8) is 0 Å². The zero-order chi connectivity index (χ0) is 58.5. The second-order valence-electron chi connectivity index (χ2n) is 24.1. The van der Waals surface area contributed by atoms with Crippen LogP contribution in [0.15, 0.2) is 60.8 Å². The minimum atomic E-state index is -0.771. The summed E-state index contributed by atoms with van der Waals surface area (Å²) in [5.41, 5.74) is 0. The molecule has 0 heterocycles. The van der Waals surface area contributed by atoms with Crippen LogP contribution in [0.5, 0.6) is 0 Å². The van der Waals surface area contributed by atoms with Crippen molar-refractivity contribution >= 4 is 17.9 Å². The molecule has 81 heavy (non-hydrogen) atoms. The van der Waals surface area contributed by atoms with Crippen molar-refractivity contribution in [1.29, 1.82) is 0 Å². The summed E-state index contributed by atoms with van der Waals surface area (Å²) >= 11 is 0. The van der Waals surface area contributed by atoms with Gasteiger partial charge in [0, 0.05) is 19.3 Å². The zero-order valence-electron chi connectivity index (χ0n) is 54.3. The van der Waals surface area contributed by atoms with Gasteiger partial charge in [-0.3, -0.25) is 14.4 Å². The van der Waals surface area contributed by atoms with Crippen molar-refractivity contribution in [3.8, 4) is 0 Å². The number of hydrogen-bond donors (Lipinski definition) is 0. The third-order valence-electron chi connectivity index (χ3n) is 16.0. The summed E-state index contributed by atoms with van der Waals surface area (Å²) in [6.07, 6.45) is 89.9. The molecule has 6 nitrogen and oxygen atoms in total. The first kappa shape index (κ1) is 78.1. The molecule has 0 aliphatic carbocycles. The molecule has 0 aromatic heterocycles. The molecule has 1 unspecified atom stereocenters. The summed E-state index contributed by atoms with van der Waals surface area (Å²) < 4.78 is 16.9. The summed E-state index contributed by atoms with van der Waals surface area (Å²) in [6.45, 7) is 6.57. The van der Waals surface area contributed by atoms with E-state index in [1.165, 1.54) is 257 Å².